The van der Waals surface area contributed by atoms with E-state index in [0.717, 1.165) is 33.0 Å². The predicted molar refractivity (Wildman–Crippen MR) is 101 cm³/mol. The number of hydrogen-bond acceptors (Lipinski definition) is 3. The van der Waals surface area contributed by atoms with Crippen molar-refractivity contribution >= 4 is 21.7 Å². The van der Waals surface area contributed by atoms with E-state index in [1.165, 1.54) is 13.2 Å². The SMILES string of the molecule is Cc1cc(Br)ccc1Cc1c(C(=O)COCC2CC2)cn(C)c(=O)c1F. The van der Waals surface area contributed by atoms with Crippen LogP contribution < -0.4 is 5.56 Å². The van der Waals surface area contributed by atoms with Gasteiger partial charge in [-0.2, -0.15) is 0 Å². The Labute approximate surface area is 160 Å². The monoisotopic (exact) mass is 421 g/mol. The molecule has 1 aliphatic rings. The fourth-order valence-corrected chi connectivity index (χ4v) is 3.35. The van der Waals surface area contributed by atoms with E-state index in [4.69, 9.17) is 4.74 Å². The molecule has 0 unspecified atom stereocenters. The molecule has 4 nitrogen and oxygen atoms in total. The third kappa shape index (κ3) is 4.30. The van der Waals surface area contributed by atoms with Gasteiger partial charge < -0.3 is 9.30 Å². The molecule has 1 heterocycles. The van der Waals surface area contributed by atoms with Gasteiger partial charge in [0.05, 0.1) is 6.61 Å². The summed E-state index contributed by atoms with van der Waals surface area (Å²) in [5.74, 6) is -0.627. The molecule has 6 heteroatoms. The van der Waals surface area contributed by atoms with Gasteiger partial charge >= 0.3 is 0 Å². The lowest BCUT2D eigenvalue weighted by atomic mass is 9.96. The maximum absolute atomic E-state index is 14.7. The number of rotatable bonds is 7. The van der Waals surface area contributed by atoms with Crippen LogP contribution in [-0.4, -0.2) is 23.6 Å². The fraction of sp³-hybridized carbons (Fsp3) is 0.400. The Bertz CT molecular complexity index is 903. The summed E-state index contributed by atoms with van der Waals surface area (Å²) in [5, 5.41) is 0. The molecule has 0 spiro atoms. The van der Waals surface area contributed by atoms with Gasteiger partial charge in [0.2, 0.25) is 0 Å². The van der Waals surface area contributed by atoms with Crippen molar-refractivity contribution in [3.05, 3.63) is 67.3 Å². The number of aromatic nitrogens is 1. The van der Waals surface area contributed by atoms with E-state index in [0.29, 0.717) is 12.5 Å². The van der Waals surface area contributed by atoms with Crippen LogP contribution in [0.25, 0.3) is 0 Å². The number of carbonyl (C=O) groups is 1. The minimum atomic E-state index is -0.872. The minimum Gasteiger partial charge on any atom is -0.373 e. The van der Waals surface area contributed by atoms with E-state index in [2.05, 4.69) is 15.9 Å². The lowest BCUT2D eigenvalue weighted by Gasteiger charge is -2.14. The van der Waals surface area contributed by atoms with Crippen LogP contribution in [0.1, 0.15) is 39.9 Å². The molecule has 1 aromatic heterocycles. The van der Waals surface area contributed by atoms with Crippen molar-refractivity contribution in [1.29, 1.82) is 0 Å². The number of benzene rings is 1. The van der Waals surface area contributed by atoms with Gasteiger partial charge in [0.1, 0.15) is 6.61 Å². The van der Waals surface area contributed by atoms with Crippen molar-refractivity contribution < 1.29 is 13.9 Å². The van der Waals surface area contributed by atoms with Crippen LogP contribution in [0.4, 0.5) is 4.39 Å². The van der Waals surface area contributed by atoms with Crippen LogP contribution in [-0.2, 0) is 18.2 Å². The Morgan fingerprint density at radius 1 is 1.38 bits per heavy atom. The molecule has 26 heavy (non-hydrogen) atoms. The van der Waals surface area contributed by atoms with Gasteiger partial charge in [-0.05, 0) is 48.9 Å². The zero-order chi connectivity index (χ0) is 18.8. The average molecular weight is 422 g/mol. The highest BCUT2D eigenvalue weighted by Gasteiger charge is 2.24. The maximum atomic E-state index is 14.7. The summed E-state index contributed by atoms with van der Waals surface area (Å²) in [7, 11) is 1.45. The van der Waals surface area contributed by atoms with Crippen LogP contribution in [0.5, 0.6) is 0 Å². The number of ketones is 1. The summed E-state index contributed by atoms with van der Waals surface area (Å²) in [5.41, 5.74) is 1.45. The molecule has 0 N–H and O–H groups in total. The van der Waals surface area contributed by atoms with Gasteiger partial charge in [0, 0.05) is 35.3 Å². The van der Waals surface area contributed by atoms with E-state index < -0.39 is 11.4 Å². The number of hydrogen-bond donors (Lipinski definition) is 0. The Morgan fingerprint density at radius 2 is 2.12 bits per heavy atom. The van der Waals surface area contributed by atoms with Gasteiger partial charge in [-0.15, -0.1) is 0 Å². The summed E-state index contributed by atoms with van der Waals surface area (Å²) in [6, 6.07) is 5.66. The van der Waals surface area contributed by atoms with Crippen molar-refractivity contribution in [2.45, 2.75) is 26.2 Å². The Balaban J connectivity index is 1.92. The van der Waals surface area contributed by atoms with Gasteiger partial charge in [-0.25, -0.2) is 4.39 Å². The standard InChI is InChI=1S/C20H21BrFNO3/c1-12-7-15(21)6-5-14(12)8-16-17(9-23(2)20(25)19(16)22)18(24)11-26-10-13-3-4-13/h5-7,9,13H,3-4,8,10-11H2,1-2H3. The lowest BCUT2D eigenvalue weighted by molar-refractivity contribution is 0.0737. The number of Topliss-reactive ketones (excluding diaryl/α,β-unsaturated/α-hetero) is 1. The topological polar surface area (TPSA) is 48.3 Å². The summed E-state index contributed by atoms with van der Waals surface area (Å²) >= 11 is 3.40. The molecule has 1 fully saturated rings. The Morgan fingerprint density at radius 3 is 2.77 bits per heavy atom. The number of carbonyl (C=O) groups excluding carboxylic acids is 1. The van der Waals surface area contributed by atoms with E-state index in [1.54, 1.807) is 0 Å². The highest BCUT2D eigenvalue weighted by atomic mass is 79.9. The van der Waals surface area contributed by atoms with E-state index >= 15 is 0 Å². The molecule has 1 saturated carbocycles. The second-order valence-corrected chi connectivity index (χ2v) is 7.80. The molecule has 1 aliphatic carbocycles. The number of nitrogens with zero attached hydrogens (tertiary/aromatic N) is 1. The van der Waals surface area contributed by atoms with Crippen molar-refractivity contribution in [3.63, 3.8) is 0 Å². The van der Waals surface area contributed by atoms with Crippen LogP contribution in [0.2, 0.25) is 0 Å². The minimum absolute atomic E-state index is 0.0968. The molecular weight excluding hydrogens is 401 g/mol. The van der Waals surface area contributed by atoms with E-state index in [-0.39, 0.29) is 29.9 Å². The maximum Gasteiger partial charge on any atom is 0.286 e. The molecule has 0 atom stereocenters. The quantitative estimate of drug-likeness (QED) is 0.638. The van der Waals surface area contributed by atoms with Gasteiger partial charge in [-0.3, -0.25) is 9.59 Å². The summed E-state index contributed by atoms with van der Waals surface area (Å²) < 4.78 is 22.2. The number of pyridine rings is 1. The fourth-order valence-electron chi connectivity index (χ4n) is 2.87. The third-order valence-corrected chi connectivity index (χ3v) is 5.17. The first-order chi connectivity index (χ1) is 12.4. The first-order valence-corrected chi connectivity index (χ1v) is 9.40. The van der Waals surface area contributed by atoms with E-state index in [1.807, 2.05) is 25.1 Å². The highest BCUT2D eigenvalue weighted by Crippen LogP contribution is 2.29. The Kier molecular flexibility index (Phi) is 5.73. The molecule has 1 aromatic carbocycles. The van der Waals surface area contributed by atoms with Gasteiger partial charge in [0.25, 0.3) is 5.56 Å². The smallest absolute Gasteiger partial charge is 0.286 e. The molecule has 0 amide bonds. The molecule has 3 rings (SSSR count). The third-order valence-electron chi connectivity index (χ3n) is 4.68. The summed E-state index contributed by atoms with van der Waals surface area (Å²) in [4.78, 5) is 24.6. The summed E-state index contributed by atoms with van der Waals surface area (Å²) in [6.45, 7) is 2.38. The molecule has 0 aliphatic heterocycles. The van der Waals surface area contributed by atoms with Crippen LogP contribution in [0.15, 0.2) is 33.7 Å². The van der Waals surface area contributed by atoms with Crippen molar-refractivity contribution in [3.8, 4) is 0 Å². The lowest BCUT2D eigenvalue weighted by Crippen LogP contribution is -2.26. The average Bonchev–Trinajstić information content (AvgIpc) is 3.41. The molecule has 0 saturated heterocycles. The Hall–Kier alpha value is -1.79. The number of aryl methyl sites for hydroxylation is 2. The molecular formula is C20H21BrFNO3. The molecule has 2 aromatic rings. The van der Waals surface area contributed by atoms with Gasteiger partial charge in [0.15, 0.2) is 11.6 Å². The molecule has 0 bridgehead atoms. The van der Waals surface area contributed by atoms with Crippen LogP contribution >= 0.6 is 15.9 Å². The van der Waals surface area contributed by atoms with Crippen molar-refractivity contribution in [1.82, 2.24) is 4.57 Å². The van der Waals surface area contributed by atoms with E-state index in [9.17, 15) is 14.0 Å². The predicted octanol–water partition coefficient (Wildman–Crippen LogP) is 3.80. The van der Waals surface area contributed by atoms with Gasteiger partial charge in [-0.1, -0.05) is 22.0 Å². The zero-order valence-electron chi connectivity index (χ0n) is 14.9. The molecule has 138 valence electrons. The molecule has 0 radical (unpaired) electrons. The second kappa shape index (κ2) is 7.84. The number of halogens is 2. The van der Waals surface area contributed by atoms with Crippen molar-refractivity contribution in [2.75, 3.05) is 13.2 Å². The normalized spacial score (nSPS) is 13.8. The van der Waals surface area contributed by atoms with Crippen LogP contribution in [0.3, 0.4) is 0 Å². The second-order valence-electron chi connectivity index (χ2n) is 6.88. The van der Waals surface area contributed by atoms with Crippen molar-refractivity contribution in [2.24, 2.45) is 13.0 Å². The highest BCUT2D eigenvalue weighted by molar-refractivity contribution is 9.10. The zero-order valence-corrected chi connectivity index (χ0v) is 16.4. The first kappa shape index (κ1) is 19.0. The largest absolute Gasteiger partial charge is 0.373 e. The van der Waals surface area contributed by atoms with Crippen LogP contribution in [0, 0.1) is 18.7 Å². The first-order valence-electron chi connectivity index (χ1n) is 8.60. The number of ether oxygens (including phenoxy) is 1. The summed E-state index contributed by atoms with van der Waals surface area (Å²) in [6.07, 6.45) is 3.87.